The molecule has 0 spiro atoms. The lowest BCUT2D eigenvalue weighted by Crippen LogP contribution is -2.35. The normalized spacial score (nSPS) is 14.3. The van der Waals surface area contributed by atoms with E-state index in [9.17, 15) is 0 Å². The number of thiophene rings is 4. The predicted molar refractivity (Wildman–Crippen MR) is 324 cm³/mol. The summed E-state index contributed by atoms with van der Waals surface area (Å²) in [5, 5.41) is 2.23. The van der Waals surface area contributed by atoms with Crippen LogP contribution in [0.1, 0.15) is 219 Å². The molecule has 0 fully saturated rings. The van der Waals surface area contributed by atoms with Gasteiger partial charge in [0.05, 0.1) is 43.0 Å². The highest BCUT2D eigenvalue weighted by atomic mass is 32.1. The predicted octanol–water partition coefficient (Wildman–Crippen LogP) is 22.5. The minimum atomic E-state index is -0.385. The van der Waals surface area contributed by atoms with E-state index in [-0.39, 0.29) is 11.2 Å². The summed E-state index contributed by atoms with van der Waals surface area (Å²) in [5.41, 5.74) is 9.51. The van der Waals surface area contributed by atoms with E-state index in [2.05, 4.69) is 92.0 Å². The van der Waals surface area contributed by atoms with E-state index in [1.54, 1.807) is 0 Å². The molecule has 0 saturated carbocycles. The average Bonchev–Trinajstić information content (AvgIpc) is 4.29. The second kappa shape index (κ2) is 25.8. The zero-order chi connectivity index (χ0) is 50.7. The Morgan fingerprint density at radius 1 is 0.392 bits per heavy atom. The summed E-state index contributed by atoms with van der Waals surface area (Å²) in [6.07, 6.45) is 34.8. The van der Waals surface area contributed by atoms with Crippen LogP contribution in [0.3, 0.4) is 0 Å². The van der Waals surface area contributed by atoms with E-state index in [1.165, 1.54) is 234 Å². The number of nitrogens with zero attached hydrogens (tertiary/aromatic N) is 4. The molecular weight excluding hydrogens is 1030 g/mol. The maximum atomic E-state index is 7.65. The molecule has 0 amide bonds. The van der Waals surface area contributed by atoms with Crippen LogP contribution in [0.4, 0.5) is 0 Å². The van der Waals surface area contributed by atoms with Crippen LogP contribution < -0.4 is 9.47 Å². The van der Waals surface area contributed by atoms with Crippen molar-refractivity contribution in [1.29, 1.82) is 0 Å². The molecule has 0 aliphatic carbocycles. The Hall–Kier alpha value is -3.52. The molecule has 6 nitrogen and oxygen atoms in total. The van der Waals surface area contributed by atoms with Crippen LogP contribution in [0.5, 0.6) is 11.5 Å². The number of fused-ring (bicyclic) bond motifs is 8. The maximum absolute atomic E-state index is 7.65. The maximum Gasteiger partial charge on any atom is 0.140 e. The molecule has 0 unspecified atom stereocenters. The lowest BCUT2D eigenvalue weighted by molar-refractivity contribution is 0.0395. The third kappa shape index (κ3) is 11.7. The lowest BCUT2D eigenvalue weighted by atomic mass is 9.81. The molecule has 2 aromatic carbocycles. The zero-order valence-electron chi connectivity index (χ0n) is 44.6. The van der Waals surface area contributed by atoms with Crippen molar-refractivity contribution in [1.82, 2.24) is 17.5 Å². The number of hydrogen-bond acceptors (Lipinski definition) is 12. The SMILES string of the molecule is CCCCCCCCC1(CCCCCCCC)Oc2cc(-c3ccc(-c4cc5c(s4)-c4sccc4OC5(CCCCCCCC)CCCCCCCC)c4nsnc34)sc2-c2sc(-c3cccc4nsnc34)cc21. The topological polar surface area (TPSA) is 70.0 Å². The fraction of sp³-hybridized carbons (Fsp3) is 0.548. The van der Waals surface area contributed by atoms with Crippen LogP contribution in [0.15, 0.2) is 60.0 Å². The molecule has 6 aromatic heterocycles. The molecule has 10 rings (SSSR count). The van der Waals surface area contributed by atoms with E-state index in [4.69, 9.17) is 22.6 Å². The Morgan fingerprint density at radius 2 is 0.811 bits per heavy atom. The Morgan fingerprint density at radius 3 is 1.34 bits per heavy atom. The van der Waals surface area contributed by atoms with E-state index < -0.39 is 0 Å². The van der Waals surface area contributed by atoms with Gasteiger partial charge in [-0.05, 0) is 87.1 Å². The zero-order valence-corrected chi connectivity index (χ0v) is 49.5. The number of unbranched alkanes of at least 4 members (excludes halogenated alkanes) is 20. The average molecular weight is 1100 g/mol. The number of benzene rings is 2. The van der Waals surface area contributed by atoms with E-state index >= 15 is 0 Å². The molecule has 0 saturated heterocycles. The quantitative estimate of drug-likeness (QED) is 0.0403. The van der Waals surface area contributed by atoms with Crippen molar-refractivity contribution in [3.63, 3.8) is 0 Å². The molecule has 0 radical (unpaired) electrons. The van der Waals surface area contributed by atoms with Crippen LogP contribution in [-0.4, -0.2) is 17.5 Å². The van der Waals surface area contributed by atoms with Gasteiger partial charge in [-0.25, -0.2) is 0 Å². The van der Waals surface area contributed by atoms with Gasteiger partial charge in [0, 0.05) is 42.4 Å². The summed E-state index contributed by atoms with van der Waals surface area (Å²) in [6, 6.07) is 20.7. The van der Waals surface area contributed by atoms with Gasteiger partial charge in [-0.1, -0.05) is 180 Å². The summed E-state index contributed by atoms with van der Waals surface area (Å²) < 4.78 is 34.7. The molecule has 394 valence electrons. The van der Waals surface area contributed by atoms with Gasteiger partial charge in [-0.3, -0.25) is 0 Å². The van der Waals surface area contributed by atoms with Crippen molar-refractivity contribution in [2.24, 2.45) is 0 Å². The standard InChI is InChI=1S/C62H78N4O2S6/c1-5-9-13-17-21-25-35-61(36-26-22-18-14-10-6-2)46-40-52(70-57(46)59-49(67-61)34-39-69-59)44-32-33-45(56-55(44)65-74-66-56)53-42-50-60(72-53)58-47(41-51(71-58)43-30-29-31-48-54(43)64-73-63-48)62(68-50,37-27-23-19-15-11-7-3)38-28-24-20-16-12-8-4/h29-34,39-42H,5-28,35-38H2,1-4H3. The molecule has 8 heterocycles. The molecule has 12 heteroatoms. The van der Waals surface area contributed by atoms with Crippen LogP contribution in [0.2, 0.25) is 0 Å². The van der Waals surface area contributed by atoms with E-state index in [0.29, 0.717) is 0 Å². The molecular formula is C62H78N4O2S6. The Kier molecular flexibility index (Phi) is 18.7. The van der Waals surface area contributed by atoms with E-state index in [0.717, 1.165) is 64.8 Å². The van der Waals surface area contributed by atoms with Crippen LogP contribution >= 0.6 is 68.8 Å². The summed E-state index contributed by atoms with van der Waals surface area (Å²) in [7, 11) is 0. The molecule has 0 atom stereocenters. The Labute approximate surface area is 466 Å². The van der Waals surface area contributed by atoms with Crippen molar-refractivity contribution in [3.05, 3.63) is 71.1 Å². The minimum Gasteiger partial charge on any atom is -0.481 e. The second-order valence-corrected chi connectivity index (χ2v) is 26.6. The van der Waals surface area contributed by atoms with Crippen LogP contribution in [-0.2, 0) is 11.2 Å². The van der Waals surface area contributed by atoms with Crippen molar-refractivity contribution < 1.29 is 9.47 Å². The van der Waals surface area contributed by atoms with Gasteiger partial charge in [0.1, 0.15) is 44.8 Å². The fourth-order valence-electron chi connectivity index (χ4n) is 11.9. The van der Waals surface area contributed by atoms with Crippen molar-refractivity contribution in [2.75, 3.05) is 0 Å². The lowest BCUT2D eigenvalue weighted by Gasteiger charge is -2.38. The summed E-state index contributed by atoms with van der Waals surface area (Å²) in [5.74, 6) is 2.11. The number of rotatable bonds is 31. The first-order valence-corrected chi connectivity index (χ1v) is 33.6. The third-order valence-corrected chi connectivity index (χ3v) is 21.8. The third-order valence-electron chi connectivity index (χ3n) is 16.0. The Bertz CT molecular complexity index is 3010. The smallest absolute Gasteiger partial charge is 0.140 e. The number of ether oxygens (including phenoxy) is 2. The first kappa shape index (κ1) is 53.9. The molecule has 0 bridgehead atoms. The molecule has 74 heavy (non-hydrogen) atoms. The van der Waals surface area contributed by atoms with E-state index in [1.807, 2.05) is 45.3 Å². The van der Waals surface area contributed by atoms with Gasteiger partial charge in [0.15, 0.2) is 0 Å². The van der Waals surface area contributed by atoms with Gasteiger partial charge in [0.25, 0.3) is 0 Å². The molecule has 2 aliphatic heterocycles. The van der Waals surface area contributed by atoms with Crippen molar-refractivity contribution in [3.8, 4) is 62.3 Å². The molecule has 0 N–H and O–H groups in total. The minimum absolute atomic E-state index is 0.313. The van der Waals surface area contributed by atoms with Gasteiger partial charge in [-0.15, -0.1) is 45.3 Å². The van der Waals surface area contributed by atoms with Crippen molar-refractivity contribution >= 4 is 90.9 Å². The second-order valence-electron chi connectivity index (χ2n) is 21.4. The van der Waals surface area contributed by atoms with Gasteiger partial charge in [0.2, 0.25) is 0 Å². The first-order valence-electron chi connectivity index (χ1n) is 28.9. The summed E-state index contributed by atoms with van der Waals surface area (Å²) in [4.78, 5) is 9.00. The summed E-state index contributed by atoms with van der Waals surface area (Å²) in [6.45, 7) is 9.24. The van der Waals surface area contributed by atoms with Crippen molar-refractivity contribution in [2.45, 2.75) is 219 Å². The first-order chi connectivity index (χ1) is 36.5. The highest BCUT2D eigenvalue weighted by molar-refractivity contribution is 7.26. The Balaban J connectivity index is 1.01. The van der Waals surface area contributed by atoms with Gasteiger partial charge >= 0.3 is 0 Å². The fourth-order valence-corrected chi connectivity index (χ4v) is 17.8. The molecule has 8 aromatic rings. The van der Waals surface area contributed by atoms with Gasteiger partial charge < -0.3 is 9.47 Å². The monoisotopic (exact) mass is 1100 g/mol. The van der Waals surface area contributed by atoms with Crippen LogP contribution in [0.25, 0.3) is 72.9 Å². The number of hydrogen-bond donors (Lipinski definition) is 0. The largest absolute Gasteiger partial charge is 0.481 e. The highest BCUT2D eigenvalue weighted by Crippen LogP contribution is 2.60. The molecule has 2 aliphatic rings. The van der Waals surface area contributed by atoms with Gasteiger partial charge in [-0.2, -0.15) is 17.5 Å². The highest BCUT2D eigenvalue weighted by Gasteiger charge is 2.45. The van der Waals surface area contributed by atoms with Crippen LogP contribution in [0, 0.1) is 0 Å². The summed E-state index contributed by atoms with van der Waals surface area (Å²) >= 11 is 10.2. The number of aromatic nitrogens is 4.